The van der Waals surface area contributed by atoms with E-state index in [1.165, 1.54) is 6.20 Å². The molecule has 128 valence electrons. The lowest BCUT2D eigenvalue weighted by atomic mass is 10.2. The number of likely N-dealkylation sites (N-methyl/N-ethyl adjacent to an activating group) is 1. The number of aromatic nitrogens is 2. The van der Waals surface area contributed by atoms with Gasteiger partial charge in [0, 0.05) is 38.8 Å². The number of carboxylic acids is 1. The number of nitrogens with zero attached hydrogens (tertiary/aromatic N) is 4. The maximum atomic E-state index is 12.3. The number of hydrogen-bond acceptors (Lipinski definition) is 5. The number of ether oxygens (including phenoxy) is 1. The van der Waals surface area contributed by atoms with E-state index in [-0.39, 0.29) is 18.6 Å². The van der Waals surface area contributed by atoms with Gasteiger partial charge >= 0.3 is 5.97 Å². The Kier molecular flexibility index (Phi) is 6.37. The van der Waals surface area contributed by atoms with E-state index in [1.807, 2.05) is 0 Å². The van der Waals surface area contributed by atoms with E-state index >= 15 is 0 Å². The third kappa shape index (κ3) is 5.81. The van der Waals surface area contributed by atoms with Gasteiger partial charge in [0.05, 0.1) is 30.5 Å². The van der Waals surface area contributed by atoms with Crippen LogP contribution in [0.2, 0.25) is 5.02 Å². The molecule has 0 radical (unpaired) electrons. The fourth-order valence-corrected chi connectivity index (χ4v) is 2.68. The van der Waals surface area contributed by atoms with Gasteiger partial charge in [-0.3, -0.25) is 19.2 Å². The van der Waals surface area contributed by atoms with Gasteiger partial charge in [-0.1, -0.05) is 11.6 Å². The number of carbonyl (C=O) groups is 2. The van der Waals surface area contributed by atoms with Crippen LogP contribution in [0, 0.1) is 0 Å². The lowest BCUT2D eigenvalue weighted by molar-refractivity contribution is -0.142. The molecule has 1 fully saturated rings. The van der Waals surface area contributed by atoms with Crippen molar-refractivity contribution in [3.05, 3.63) is 17.4 Å². The fourth-order valence-electron chi connectivity index (χ4n) is 2.53. The van der Waals surface area contributed by atoms with Gasteiger partial charge in [0.1, 0.15) is 0 Å². The zero-order chi connectivity index (χ0) is 16.8. The Hall–Kier alpha value is -1.64. The van der Waals surface area contributed by atoms with Gasteiger partial charge in [-0.25, -0.2) is 0 Å². The number of hydrogen-bond donors (Lipinski definition) is 1. The molecule has 1 aliphatic heterocycles. The average molecular weight is 345 g/mol. The molecule has 0 saturated carbocycles. The van der Waals surface area contributed by atoms with Gasteiger partial charge in [-0.05, 0) is 7.05 Å². The number of aryl methyl sites for hydroxylation is 1. The van der Waals surface area contributed by atoms with Crippen LogP contribution >= 0.6 is 11.6 Å². The Balaban J connectivity index is 1.78. The number of halogens is 1. The summed E-state index contributed by atoms with van der Waals surface area (Å²) in [5, 5.41) is 13.4. The number of morpholine rings is 1. The van der Waals surface area contributed by atoms with Crippen LogP contribution < -0.4 is 0 Å². The number of carboxylic acid groups (broad SMARTS) is 1. The molecule has 9 heteroatoms. The topological polar surface area (TPSA) is 87.9 Å². The third-order valence-electron chi connectivity index (χ3n) is 3.57. The largest absolute Gasteiger partial charge is 0.480 e. The van der Waals surface area contributed by atoms with Crippen LogP contribution in [0.1, 0.15) is 6.42 Å². The van der Waals surface area contributed by atoms with Crippen molar-refractivity contribution in [3.8, 4) is 0 Å². The molecular weight excluding hydrogens is 324 g/mol. The van der Waals surface area contributed by atoms with Gasteiger partial charge < -0.3 is 14.7 Å². The number of rotatable bonds is 7. The SMILES string of the molecule is CN(CC(=O)O)CC1CN(C(=O)CCn2cc(Cl)cn2)CCO1. The van der Waals surface area contributed by atoms with E-state index in [4.69, 9.17) is 21.4 Å². The Labute approximate surface area is 139 Å². The summed E-state index contributed by atoms with van der Waals surface area (Å²) in [5.41, 5.74) is 0. The number of carbonyl (C=O) groups excluding carboxylic acids is 1. The molecule has 1 atom stereocenters. The van der Waals surface area contributed by atoms with Crippen molar-refractivity contribution >= 4 is 23.5 Å². The summed E-state index contributed by atoms with van der Waals surface area (Å²) in [4.78, 5) is 26.4. The number of aliphatic carboxylic acids is 1. The molecule has 0 aliphatic carbocycles. The molecular formula is C14H21ClN4O4. The highest BCUT2D eigenvalue weighted by Crippen LogP contribution is 2.10. The zero-order valence-corrected chi connectivity index (χ0v) is 13.8. The molecule has 1 amide bonds. The highest BCUT2D eigenvalue weighted by atomic mass is 35.5. The second kappa shape index (κ2) is 8.28. The van der Waals surface area contributed by atoms with Gasteiger partial charge in [0.25, 0.3) is 0 Å². The van der Waals surface area contributed by atoms with Gasteiger partial charge in [0.2, 0.25) is 5.91 Å². The van der Waals surface area contributed by atoms with Crippen molar-refractivity contribution in [3.63, 3.8) is 0 Å². The maximum Gasteiger partial charge on any atom is 0.317 e. The molecule has 1 aliphatic rings. The normalized spacial score (nSPS) is 18.4. The standard InChI is InChI=1S/C14H21ClN4O4/c1-17(10-14(21)22)8-12-9-18(4-5-23-12)13(20)2-3-19-7-11(15)6-16-19/h6-7,12H,2-5,8-10H2,1H3,(H,21,22). The molecule has 0 bridgehead atoms. The van der Waals surface area contributed by atoms with Crippen LogP contribution in [0.4, 0.5) is 0 Å². The number of amides is 1. The van der Waals surface area contributed by atoms with Crippen molar-refractivity contribution in [1.29, 1.82) is 0 Å². The van der Waals surface area contributed by atoms with Crippen molar-refractivity contribution in [2.45, 2.75) is 19.1 Å². The molecule has 2 heterocycles. The molecule has 1 saturated heterocycles. The fraction of sp³-hybridized carbons (Fsp3) is 0.643. The molecule has 0 aromatic carbocycles. The molecule has 1 aromatic rings. The third-order valence-corrected chi connectivity index (χ3v) is 3.76. The Morgan fingerprint density at radius 1 is 1.57 bits per heavy atom. The van der Waals surface area contributed by atoms with Crippen molar-refractivity contribution < 1.29 is 19.4 Å². The van der Waals surface area contributed by atoms with E-state index in [2.05, 4.69) is 5.10 Å². The van der Waals surface area contributed by atoms with Gasteiger partial charge in [-0.15, -0.1) is 0 Å². The van der Waals surface area contributed by atoms with Crippen LogP contribution in [-0.4, -0.2) is 82.5 Å². The van der Waals surface area contributed by atoms with Crippen molar-refractivity contribution in [2.24, 2.45) is 0 Å². The predicted octanol–water partition coefficient (Wildman–Crippen LogP) is 0.170. The second-order valence-corrected chi connectivity index (χ2v) is 6.03. The molecule has 2 rings (SSSR count). The summed E-state index contributed by atoms with van der Waals surface area (Å²) in [6.07, 6.45) is 3.39. The van der Waals surface area contributed by atoms with E-state index in [0.717, 1.165) is 0 Å². The molecule has 1 aromatic heterocycles. The molecule has 23 heavy (non-hydrogen) atoms. The molecule has 1 unspecified atom stereocenters. The summed E-state index contributed by atoms with van der Waals surface area (Å²) < 4.78 is 7.25. The van der Waals surface area contributed by atoms with Crippen LogP contribution in [0.15, 0.2) is 12.4 Å². The molecule has 0 spiro atoms. The lowest BCUT2D eigenvalue weighted by Crippen LogP contribution is -2.49. The summed E-state index contributed by atoms with van der Waals surface area (Å²) >= 11 is 5.79. The van der Waals surface area contributed by atoms with Crippen LogP contribution in [0.5, 0.6) is 0 Å². The second-order valence-electron chi connectivity index (χ2n) is 5.59. The Bertz CT molecular complexity index is 551. The van der Waals surface area contributed by atoms with E-state index in [0.29, 0.717) is 44.2 Å². The first kappa shape index (κ1) is 17.7. The first-order valence-electron chi connectivity index (χ1n) is 7.41. The van der Waals surface area contributed by atoms with Crippen molar-refractivity contribution in [2.75, 3.05) is 39.8 Å². The van der Waals surface area contributed by atoms with Gasteiger partial charge in [0.15, 0.2) is 0 Å². The Morgan fingerprint density at radius 2 is 2.35 bits per heavy atom. The predicted molar refractivity (Wildman–Crippen MR) is 83.3 cm³/mol. The smallest absolute Gasteiger partial charge is 0.317 e. The monoisotopic (exact) mass is 344 g/mol. The summed E-state index contributed by atoms with van der Waals surface area (Å²) in [6, 6.07) is 0. The average Bonchev–Trinajstić information content (AvgIpc) is 2.89. The van der Waals surface area contributed by atoms with Crippen LogP contribution in [0.3, 0.4) is 0 Å². The summed E-state index contributed by atoms with van der Waals surface area (Å²) in [5.74, 6) is -0.847. The quantitative estimate of drug-likeness (QED) is 0.758. The first-order chi connectivity index (χ1) is 10.9. The minimum Gasteiger partial charge on any atom is -0.480 e. The zero-order valence-electron chi connectivity index (χ0n) is 13.0. The van der Waals surface area contributed by atoms with E-state index < -0.39 is 5.97 Å². The first-order valence-corrected chi connectivity index (χ1v) is 7.79. The highest BCUT2D eigenvalue weighted by molar-refractivity contribution is 6.30. The minimum absolute atomic E-state index is 0.0332. The highest BCUT2D eigenvalue weighted by Gasteiger charge is 2.25. The molecule has 8 nitrogen and oxygen atoms in total. The van der Waals surface area contributed by atoms with E-state index in [9.17, 15) is 9.59 Å². The lowest BCUT2D eigenvalue weighted by Gasteiger charge is -2.34. The maximum absolute atomic E-state index is 12.3. The van der Waals surface area contributed by atoms with Crippen LogP contribution in [0.25, 0.3) is 0 Å². The van der Waals surface area contributed by atoms with Gasteiger partial charge in [-0.2, -0.15) is 5.10 Å². The van der Waals surface area contributed by atoms with E-state index in [1.54, 1.807) is 27.7 Å². The van der Waals surface area contributed by atoms with Crippen molar-refractivity contribution in [1.82, 2.24) is 19.6 Å². The minimum atomic E-state index is -0.880. The Morgan fingerprint density at radius 3 is 3.00 bits per heavy atom. The summed E-state index contributed by atoms with van der Waals surface area (Å²) in [7, 11) is 1.72. The summed E-state index contributed by atoms with van der Waals surface area (Å²) in [6.45, 7) is 2.40. The van der Waals surface area contributed by atoms with Crippen LogP contribution in [-0.2, 0) is 20.9 Å². The molecule has 1 N–H and O–H groups in total.